The maximum Gasteiger partial charge on any atom is 0.223 e. The third kappa shape index (κ3) is 3.26. The van der Waals surface area contributed by atoms with Crippen molar-refractivity contribution in [1.29, 1.82) is 0 Å². The monoisotopic (exact) mass is 271 g/mol. The second-order valence-electron chi connectivity index (χ2n) is 5.09. The highest BCUT2D eigenvalue weighted by Crippen LogP contribution is 2.19. The molecule has 0 spiro atoms. The summed E-state index contributed by atoms with van der Waals surface area (Å²) in [7, 11) is 0. The summed E-state index contributed by atoms with van der Waals surface area (Å²) in [5, 5.41) is 2.98. The summed E-state index contributed by atoms with van der Waals surface area (Å²) in [6.07, 6.45) is 2.64. The van der Waals surface area contributed by atoms with E-state index in [0.717, 1.165) is 23.5 Å². The van der Waals surface area contributed by atoms with Gasteiger partial charge in [0.15, 0.2) is 0 Å². The van der Waals surface area contributed by atoms with Crippen molar-refractivity contribution in [1.82, 2.24) is 15.3 Å². The molecule has 2 atom stereocenters. The van der Waals surface area contributed by atoms with Crippen molar-refractivity contribution < 1.29 is 4.79 Å². The van der Waals surface area contributed by atoms with Gasteiger partial charge in [0.2, 0.25) is 5.91 Å². The highest BCUT2D eigenvalue weighted by molar-refractivity contribution is 5.78. The van der Waals surface area contributed by atoms with Crippen LogP contribution >= 0.6 is 0 Å². The van der Waals surface area contributed by atoms with Gasteiger partial charge >= 0.3 is 0 Å². The summed E-state index contributed by atoms with van der Waals surface area (Å²) >= 11 is 0. The molecule has 0 saturated carbocycles. The fourth-order valence-corrected chi connectivity index (χ4v) is 1.93. The van der Waals surface area contributed by atoms with Crippen molar-refractivity contribution in [2.24, 2.45) is 5.92 Å². The molecule has 1 amide bonds. The number of nitrogens with zero attached hydrogens (tertiary/aromatic N) is 1. The summed E-state index contributed by atoms with van der Waals surface area (Å²) < 4.78 is 0. The first kappa shape index (κ1) is 14.3. The lowest BCUT2D eigenvalue weighted by Gasteiger charge is -2.14. The molecule has 0 fully saturated rings. The van der Waals surface area contributed by atoms with Gasteiger partial charge in [0, 0.05) is 5.92 Å². The zero-order valence-electron chi connectivity index (χ0n) is 12.2. The lowest BCUT2D eigenvalue weighted by atomic mass is 10.1. The average molecular weight is 271 g/mol. The van der Waals surface area contributed by atoms with Gasteiger partial charge in [-0.25, -0.2) is 4.98 Å². The van der Waals surface area contributed by atoms with Crippen LogP contribution in [-0.2, 0) is 4.79 Å². The van der Waals surface area contributed by atoms with Gasteiger partial charge < -0.3 is 10.3 Å². The van der Waals surface area contributed by atoms with Crippen LogP contribution in [0.15, 0.2) is 36.5 Å². The van der Waals surface area contributed by atoms with E-state index in [2.05, 4.69) is 15.3 Å². The lowest BCUT2D eigenvalue weighted by Crippen LogP contribution is -2.31. The SMILES string of the molecule is CC[C@@H](C)C(=O)N[C@H](C)c1ncc(-c2ccccc2)[nH]1. The number of benzene rings is 1. The highest BCUT2D eigenvalue weighted by Gasteiger charge is 2.16. The van der Waals surface area contributed by atoms with Crippen LogP contribution in [0, 0.1) is 5.92 Å². The molecule has 4 heteroatoms. The van der Waals surface area contributed by atoms with Gasteiger partial charge in [-0.2, -0.15) is 0 Å². The van der Waals surface area contributed by atoms with Gasteiger partial charge in [0.25, 0.3) is 0 Å². The Morgan fingerprint density at radius 3 is 2.65 bits per heavy atom. The van der Waals surface area contributed by atoms with Crippen LogP contribution in [-0.4, -0.2) is 15.9 Å². The molecule has 0 saturated heterocycles. The van der Waals surface area contributed by atoms with Crippen molar-refractivity contribution in [2.45, 2.75) is 33.2 Å². The Bertz CT molecular complexity index is 562. The molecule has 1 aromatic carbocycles. The number of amides is 1. The van der Waals surface area contributed by atoms with E-state index < -0.39 is 0 Å². The van der Waals surface area contributed by atoms with Crippen molar-refractivity contribution in [2.75, 3.05) is 0 Å². The van der Waals surface area contributed by atoms with Crippen molar-refractivity contribution in [3.05, 3.63) is 42.4 Å². The molecule has 0 bridgehead atoms. The van der Waals surface area contributed by atoms with Gasteiger partial charge in [-0.15, -0.1) is 0 Å². The molecule has 0 aliphatic carbocycles. The second-order valence-corrected chi connectivity index (χ2v) is 5.09. The molecule has 20 heavy (non-hydrogen) atoms. The molecule has 0 radical (unpaired) electrons. The van der Waals surface area contributed by atoms with Crippen molar-refractivity contribution in [3.8, 4) is 11.3 Å². The van der Waals surface area contributed by atoms with E-state index >= 15 is 0 Å². The molecule has 2 rings (SSSR count). The summed E-state index contributed by atoms with van der Waals surface area (Å²) in [6.45, 7) is 5.88. The first-order chi connectivity index (χ1) is 9.61. The number of hydrogen-bond acceptors (Lipinski definition) is 2. The molecule has 1 heterocycles. The smallest absolute Gasteiger partial charge is 0.223 e. The number of aromatic nitrogens is 2. The summed E-state index contributed by atoms with van der Waals surface area (Å²) in [5.74, 6) is 0.874. The Balaban J connectivity index is 2.07. The normalized spacial score (nSPS) is 13.8. The third-order valence-electron chi connectivity index (χ3n) is 3.51. The van der Waals surface area contributed by atoms with Crippen LogP contribution < -0.4 is 5.32 Å². The molecule has 2 N–H and O–H groups in total. The van der Waals surface area contributed by atoms with Gasteiger partial charge in [-0.05, 0) is 18.9 Å². The number of carbonyl (C=O) groups is 1. The summed E-state index contributed by atoms with van der Waals surface area (Å²) in [6, 6.07) is 9.90. The van der Waals surface area contributed by atoms with E-state index in [0.29, 0.717) is 0 Å². The number of imidazole rings is 1. The number of nitrogens with one attached hydrogen (secondary N) is 2. The molecular weight excluding hydrogens is 250 g/mol. The van der Waals surface area contributed by atoms with Crippen molar-refractivity contribution in [3.63, 3.8) is 0 Å². The minimum absolute atomic E-state index is 0.0287. The number of H-pyrrole nitrogens is 1. The Hall–Kier alpha value is -2.10. The molecule has 0 unspecified atom stereocenters. The quantitative estimate of drug-likeness (QED) is 0.876. The van der Waals surface area contributed by atoms with E-state index in [9.17, 15) is 4.79 Å². The standard InChI is InChI=1S/C16H21N3O/c1-4-11(2)16(20)18-12(3)15-17-10-14(19-15)13-8-6-5-7-9-13/h5-12H,4H2,1-3H3,(H,17,19)(H,18,20)/t11-,12-/m1/s1. The number of aromatic amines is 1. The minimum Gasteiger partial charge on any atom is -0.346 e. The Morgan fingerprint density at radius 2 is 2.00 bits per heavy atom. The zero-order valence-corrected chi connectivity index (χ0v) is 12.2. The van der Waals surface area contributed by atoms with E-state index in [4.69, 9.17) is 0 Å². The first-order valence-electron chi connectivity index (χ1n) is 7.02. The van der Waals surface area contributed by atoms with Crippen LogP contribution in [0.1, 0.15) is 39.1 Å². The highest BCUT2D eigenvalue weighted by atomic mass is 16.1. The molecule has 4 nitrogen and oxygen atoms in total. The maximum atomic E-state index is 11.9. The Kier molecular flexibility index (Phi) is 4.56. The number of hydrogen-bond donors (Lipinski definition) is 2. The van der Waals surface area contributed by atoms with Crippen molar-refractivity contribution >= 4 is 5.91 Å². The summed E-state index contributed by atoms with van der Waals surface area (Å²) in [5.41, 5.74) is 2.05. The molecular formula is C16H21N3O. The van der Waals surface area contributed by atoms with E-state index in [1.165, 1.54) is 0 Å². The molecule has 2 aromatic rings. The van der Waals surface area contributed by atoms with Gasteiger partial charge in [0.1, 0.15) is 5.82 Å². The van der Waals surface area contributed by atoms with Crippen LogP contribution in [0.4, 0.5) is 0 Å². The van der Waals surface area contributed by atoms with E-state index in [1.54, 1.807) is 6.20 Å². The molecule has 0 aliphatic rings. The topological polar surface area (TPSA) is 57.8 Å². The Morgan fingerprint density at radius 1 is 1.30 bits per heavy atom. The van der Waals surface area contributed by atoms with Gasteiger partial charge in [-0.3, -0.25) is 4.79 Å². The second kappa shape index (κ2) is 6.37. The van der Waals surface area contributed by atoms with E-state index in [-0.39, 0.29) is 17.9 Å². The number of rotatable bonds is 5. The van der Waals surface area contributed by atoms with E-state index in [1.807, 2.05) is 51.1 Å². The lowest BCUT2D eigenvalue weighted by molar-refractivity contribution is -0.125. The fraction of sp³-hybridized carbons (Fsp3) is 0.375. The molecule has 1 aromatic heterocycles. The maximum absolute atomic E-state index is 11.9. The van der Waals surface area contributed by atoms with Crippen LogP contribution in [0.3, 0.4) is 0 Å². The number of carbonyl (C=O) groups excluding carboxylic acids is 1. The van der Waals surface area contributed by atoms with Gasteiger partial charge in [-0.1, -0.05) is 44.2 Å². The average Bonchev–Trinajstić information content (AvgIpc) is 2.97. The third-order valence-corrected chi connectivity index (χ3v) is 3.51. The van der Waals surface area contributed by atoms with Crippen LogP contribution in [0.2, 0.25) is 0 Å². The minimum atomic E-state index is -0.117. The first-order valence-corrected chi connectivity index (χ1v) is 7.02. The predicted molar refractivity (Wildman–Crippen MR) is 80.0 cm³/mol. The van der Waals surface area contributed by atoms with Gasteiger partial charge in [0.05, 0.1) is 17.9 Å². The molecule has 0 aliphatic heterocycles. The zero-order chi connectivity index (χ0) is 14.5. The fourth-order valence-electron chi connectivity index (χ4n) is 1.93. The summed E-state index contributed by atoms with van der Waals surface area (Å²) in [4.78, 5) is 19.5. The molecule has 106 valence electrons. The Labute approximate surface area is 119 Å². The van der Waals surface area contributed by atoms with Crippen LogP contribution in [0.25, 0.3) is 11.3 Å². The predicted octanol–water partition coefficient (Wildman–Crippen LogP) is 3.30. The van der Waals surface area contributed by atoms with Crippen LogP contribution in [0.5, 0.6) is 0 Å². The largest absolute Gasteiger partial charge is 0.346 e.